The predicted molar refractivity (Wildman–Crippen MR) is 72.4 cm³/mol. The molecule has 0 unspecified atom stereocenters. The van der Waals surface area contributed by atoms with Gasteiger partial charge in [-0.25, -0.2) is 0 Å². The van der Waals surface area contributed by atoms with Crippen LogP contribution in [0.5, 0.6) is 0 Å². The van der Waals surface area contributed by atoms with Crippen LogP contribution >= 0.6 is 0 Å². The van der Waals surface area contributed by atoms with Crippen molar-refractivity contribution in [2.75, 3.05) is 24.7 Å². The van der Waals surface area contributed by atoms with Gasteiger partial charge in [-0.05, 0) is 55.4 Å². The van der Waals surface area contributed by atoms with Crippen LogP contribution in [0.1, 0.15) is 37.2 Å². The van der Waals surface area contributed by atoms with Crippen molar-refractivity contribution in [2.24, 2.45) is 0 Å². The molecule has 0 atom stereocenters. The molecule has 0 aromatic heterocycles. The molecule has 1 aromatic carbocycles. The highest BCUT2D eigenvalue weighted by molar-refractivity contribution is 5.60. The Bertz CT molecular complexity index is 382. The molecule has 3 nitrogen and oxygen atoms in total. The number of benzene rings is 1. The molecule has 0 aliphatic heterocycles. The summed E-state index contributed by atoms with van der Waals surface area (Å²) in [4.78, 5) is 2.14. The van der Waals surface area contributed by atoms with E-state index in [4.69, 9.17) is 5.73 Å². The zero-order valence-corrected chi connectivity index (χ0v) is 10.7. The first-order chi connectivity index (χ1) is 8.08. The number of hydrogen-bond acceptors (Lipinski definition) is 3. The second kappa shape index (κ2) is 4.96. The summed E-state index contributed by atoms with van der Waals surface area (Å²) >= 11 is 0. The number of hydrogen-bond donors (Lipinski definition) is 2. The van der Waals surface area contributed by atoms with Crippen molar-refractivity contribution < 1.29 is 5.11 Å². The second-order valence-electron chi connectivity index (χ2n) is 5.22. The Morgan fingerprint density at radius 3 is 2.41 bits per heavy atom. The molecule has 0 spiro atoms. The average molecular weight is 234 g/mol. The van der Waals surface area contributed by atoms with Gasteiger partial charge in [-0.1, -0.05) is 0 Å². The Hall–Kier alpha value is -1.22. The maximum Gasteiger partial charge on any atom is 0.0540 e. The van der Waals surface area contributed by atoms with Crippen molar-refractivity contribution in [3.05, 3.63) is 23.8 Å². The molecule has 1 aliphatic carbocycles. The Kier molecular flexibility index (Phi) is 3.57. The third kappa shape index (κ3) is 2.72. The minimum atomic E-state index is -0.102. The molecular formula is C14H22N2O. The van der Waals surface area contributed by atoms with Crippen LogP contribution in [0.15, 0.2) is 18.2 Å². The van der Waals surface area contributed by atoms with Gasteiger partial charge < -0.3 is 15.7 Å². The van der Waals surface area contributed by atoms with Crippen molar-refractivity contribution >= 4 is 11.4 Å². The average Bonchev–Trinajstić information content (AvgIpc) is 2.29. The van der Waals surface area contributed by atoms with Gasteiger partial charge in [0.25, 0.3) is 0 Å². The summed E-state index contributed by atoms with van der Waals surface area (Å²) < 4.78 is 0. The largest absolute Gasteiger partial charge is 0.399 e. The molecular weight excluding hydrogens is 212 g/mol. The van der Waals surface area contributed by atoms with Crippen molar-refractivity contribution in [3.63, 3.8) is 0 Å². The quantitative estimate of drug-likeness (QED) is 0.772. The SMILES string of the molecule is CN(C)c1ccc(N)cc1C1CCC(O)CC1. The molecule has 1 fully saturated rings. The summed E-state index contributed by atoms with van der Waals surface area (Å²) in [5.41, 5.74) is 9.31. The fraction of sp³-hybridized carbons (Fsp3) is 0.571. The highest BCUT2D eigenvalue weighted by Crippen LogP contribution is 2.38. The van der Waals surface area contributed by atoms with E-state index in [-0.39, 0.29) is 6.10 Å². The lowest BCUT2D eigenvalue weighted by Crippen LogP contribution is -2.19. The maximum absolute atomic E-state index is 9.57. The number of aliphatic hydroxyl groups is 1. The van der Waals surface area contributed by atoms with Gasteiger partial charge in [-0.2, -0.15) is 0 Å². The lowest BCUT2D eigenvalue weighted by atomic mass is 9.82. The molecule has 1 saturated carbocycles. The normalized spacial score (nSPS) is 24.6. The van der Waals surface area contributed by atoms with E-state index in [1.54, 1.807) is 0 Å². The van der Waals surface area contributed by atoms with Crippen LogP contribution in [0.4, 0.5) is 11.4 Å². The molecule has 1 aromatic rings. The minimum absolute atomic E-state index is 0.102. The van der Waals surface area contributed by atoms with E-state index < -0.39 is 0 Å². The molecule has 0 bridgehead atoms. The van der Waals surface area contributed by atoms with Gasteiger partial charge in [-0.15, -0.1) is 0 Å². The number of nitrogen functional groups attached to an aromatic ring is 1. The van der Waals surface area contributed by atoms with Gasteiger partial charge in [0.15, 0.2) is 0 Å². The summed E-state index contributed by atoms with van der Waals surface area (Å²) in [7, 11) is 4.12. The smallest absolute Gasteiger partial charge is 0.0540 e. The van der Waals surface area contributed by atoms with E-state index in [9.17, 15) is 5.11 Å². The zero-order chi connectivity index (χ0) is 12.4. The summed E-state index contributed by atoms with van der Waals surface area (Å²) in [6.07, 6.45) is 3.84. The minimum Gasteiger partial charge on any atom is -0.399 e. The van der Waals surface area contributed by atoms with Crippen LogP contribution in [0, 0.1) is 0 Å². The number of nitrogens with two attached hydrogens (primary N) is 1. The molecule has 0 amide bonds. The molecule has 3 N–H and O–H groups in total. The fourth-order valence-electron chi connectivity index (χ4n) is 2.69. The Labute approximate surface area is 103 Å². The van der Waals surface area contributed by atoms with E-state index in [0.29, 0.717) is 5.92 Å². The van der Waals surface area contributed by atoms with Crippen LogP contribution < -0.4 is 10.6 Å². The van der Waals surface area contributed by atoms with E-state index in [1.165, 1.54) is 11.3 Å². The Balaban J connectivity index is 2.26. The summed E-state index contributed by atoms with van der Waals surface area (Å²) in [5.74, 6) is 0.541. The third-order valence-electron chi connectivity index (χ3n) is 3.67. The first kappa shape index (κ1) is 12.2. The molecule has 17 heavy (non-hydrogen) atoms. The highest BCUT2D eigenvalue weighted by atomic mass is 16.3. The van der Waals surface area contributed by atoms with Gasteiger partial charge in [-0.3, -0.25) is 0 Å². The molecule has 0 heterocycles. The molecule has 0 radical (unpaired) electrons. The third-order valence-corrected chi connectivity index (χ3v) is 3.67. The first-order valence-electron chi connectivity index (χ1n) is 6.32. The van der Waals surface area contributed by atoms with Crippen molar-refractivity contribution in [1.29, 1.82) is 0 Å². The Morgan fingerprint density at radius 1 is 1.18 bits per heavy atom. The number of nitrogens with zero attached hydrogens (tertiary/aromatic N) is 1. The van der Waals surface area contributed by atoms with E-state index in [1.807, 2.05) is 6.07 Å². The Morgan fingerprint density at radius 2 is 1.82 bits per heavy atom. The summed E-state index contributed by atoms with van der Waals surface area (Å²) in [6.45, 7) is 0. The van der Waals surface area contributed by atoms with Crippen LogP contribution in [-0.2, 0) is 0 Å². The first-order valence-corrected chi connectivity index (χ1v) is 6.32. The second-order valence-corrected chi connectivity index (χ2v) is 5.22. The van der Waals surface area contributed by atoms with Crippen LogP contribution in [-0.4, -0.2) is 25.3 Å². The van der Waals surface area contributed by atoms with Crippen molar-refractivity contribution in [1.82, 2.24) is 0 Å². The zero-order valence-electron chi connectivity index (χ0n) is 10.7. The van der Waals surface area contributed by atoms with Crippen molar-refractivity contribution in [2.45, 2.75) is 37.7 Å². The highest BCUT2D eigenvalue weighted by Gasteiger charge is 2.23. The number of anilines is 2. The molecule has 2 rings (SSSR count). The van der Waals surface area contributed by atoms with Crippen LogP contribution in [0.25, 0.3) is 0 Å². The predicted octanol–water partition coefficient (Wildman–Crippen LogP) is 2.35. The maximum atomic E-state index is 9.57. The van der Waals surface area contributed by atoms with Crippen molar-refractivity contribution in [3.8, 4) is 0 Å². The monoisotopic (exact) mass is 234 g/mol. The fourth-order valence-corrected chi connectivity index (χ4v) is 2.69. The molecule has 94 valence electrons. The summed E-state index contributed by atoms with van der Waals surface area (Å²) in [6, 6.07) is 6.14. The van der Waals surface area contributed by atoms with Gasteiger partial charge >= 0.3 is 0 Å². The van der Waals surface area contributed by atoms with Gasteiger partial charge in [0.2, 0.25) is 0 Å². The lowest BCUT2D eigenvalue weighted by molar-refractivity contribution is 0.122. The van der Waals surface area contributed by atoms with Crippen LogP contribution in [0.3, 0.4) is 0 Å². The lowest BCUT2D eigenvalue weighted by Gasteiger charge is -2.29. The van der Waals surface area contributed by atoms with E-state index in [0.717, 1.165) is 31.4 Å². The topological polar surface area (TPSA) is 49.5 Å². The number of rotatable bonds is 2. The molecule has 3 heteroatoms. The van der Waals surface area contributed by atoms with E-state index in [2.05, 4.69) is 31.1 Å². The standard InChI is InChI=1S/C14H22N2O/c1-16(2)14-8-5-11(15)9-13(14)10-3-6-12(17)7-4-10/h5,8-10,12,17H,3-4,6-7,15H2,1-2H3. The van der Waals surface area contributed by atoms with Crippen LogP contribution in [0.2, 0.25) is 0 Å². The molecule has 1 aliphatic rings. The van der Waals surface area contributed by atoms with Gasteiger partial charge in [0.05, 0.1) is 6.10 Å². The van der Waals surface area contributed by atoms with Gasteiger partial charge in [0, 0.05) is 25.5 Å². The molecule has 0 saturated heterocycles. The number of aliphatic hydroxyl groups excluding tert-OH is 1. The van der Waals surface area contributed by atoms with E-state index >= 15 is 0 Å². The summed E-state index contributed by atoms with van der Waals surface area (Å²) in [5, 5.41) is 9.57. The van der Waals surface area contributed by atoms with Gasteiger partial charge in [0.1, 0.15) is 0 Å².